The van der Waals surface area contributed by atoms with Crippen LogP contribution in [0.25, 0.3) is 10.9 Å². The molecule has 69 heavy (non-hydrogen) atoms. The Hall–Kier alpha value is -6.76. The van der Waals surface area contributed by atoms with Crippen LogP contribution in [0.3, 0.4) is 0 Å². The first-order valence-corrected chi connectivity index (χ1v) is 24.1. The van der Waals surface area contributed by atoms with E-state index in [-0.39, 0.29) is 51.7 Å². The minimum Gasteiger partial charge on any atom is -0.496 e. The lowest BCUT2D eigenvalue weighted by molar-refractivity contribution is -0.118. The number of anilines is 2. The summed E-state index contributed by atoms with van der Waals surface area (Å²) in [5.74, 6) is 0.0612. The van der Waals surface area contributed by atoms with Crippen LogP contribution in [0.2, 0.25) is 10.0 Å². The molecule has 20 heteroatoms. The standard InChI is InChI=1S/C32H33N3O7S.C17H14Cl2F2N2O3/c1-5-41-30-23-11-9-15-33-29(23)31(42-6-2)24-18-35(32(37)28(24)30)25-14-13-21(16-20(25)3)19-43(38,39)34-27(36)17-22-10-7-8-12-26(22)40-4;18-11-6-22-7-12(19)15(11)23-16(24)10-3-4-13(26-17(20)21)14(5-10)25-8-9-1-2-9/h7-16H,5-6,17-19H2,1-4H3,(H,34,36);3-7,9,17H,1-2,8H2,(H,22,23,24). The number of carbonyl (C=O) groups excluding carboxylic acids is 3. The van der Waals surface area contributed by atoms with Gasteiger partial charge in [0, 0.05) is 46.4 Å². The molecule has 2 aliphatic rings. The quantitative estimate of drug-likeness (QED) is 0.0832. The van der Waals surface area contributed by atoms with E-state index >= 15 is 0 Å². The molecule has 3 amide bonds. The van der Waals surface area contributed by atoms with Gasteiger partial charge in [0.25, 0.3) is 11.8 Å². The molecule has 8 rings (SSSR count). The van der Waals surface area contributed by atoms with Crippen LogP contribution in [0.1, 0.15) is 69.7 Å². The molecule has 2 aromatic heterocycles. The van der Waals surface area contributed by atoms with Gasteiger partial charge in [-0.3, -0.25) is 29.1 Å². The van der Waals surface area contributed by atoms with E-state index in [4.69, 9.17) is 42.1 Å². The summed E-state index contributed by atoms with van der Waals surface area (Å²) >= 11 is 12.0. The summed E-state index contributed by atoms with van der Waals surface area (Å²) in [4.78, 5) is 48.9. The predicted octanol–water partition coefficient (Wildman–Crippen LogP) is 9.73. The predicted molar refractivity (Wildman–Crippen MR) is 257 cm³/mol. The lowest BCUT2D eigenvalue weighted by Crippen LogP contribution is -2.33. The number of hydrogen-bond acceptors (Lipinski definition) is 12. The molecule has 15 nitrogen and oxygen atoms in total. The maximum atomic E-state index is 13.9. The number of para-hydroxylation sites is 1. The summed E-state index contributed by atoms with van der Waals surface area (Å²) in [6.45, 7) is 3.96. The van der Waals surface area contributed by atoms with Gasteiger partial charge in [-0.15, -0.1) is 0 Å². The number of halogens is 4. The second-order valence-corrected chi connectivity index (χ2v) is 18.3. The minimum atomic E-state index is -3.98. The number of aromatic nitrogens is 2. The van der Waals surface area contributed by atoms with Crippen molar-refractivity contribution in [1.29, 1.82) is 0 Å². The lowest BCUT2D eigenvalue weighted by atomic mass is 10.0. The van der Waals surface area contributed by atoms with Gasteiger partial charge < -0.3 is 33.9 Å². The maximum Gasteiger partial charge on any atom is 0.387 e. The number of methoxy groups -OCH3 is 1. The van der Waals surface area contributed by atoms with E-state index in [9.17, 15) is 31.6 Å². The molecule has 0 radical (unpaired) electrons. The van der Waals surface area contributed by atoms with Crippen molar-refractivity contribution in [1.82, 2.24) is 14.7 Å². The molecule has 0 saturated heterocycles. The molecule has 2 N–H and O–H groups in total. The Bertz CT molecular complexity index is 2990. The van der Waals surface area contributed by atoms with Crippen LogP contribution in [0.5, 0.6) is 28.7 Å². The van der Waals surface area contributed by atoms with E-state index < -0.39 is 34.2 Å². The molecular formula is C49H47Cl2F2N5O10S. The molecule has 0 spiro atoms. The van der Waals surface area contributed by atoms with Crippen LogP contribution in [0, 0.1) is 12.8 Å². The first-order chi connectivity index (χ1) is 33.1. The van der Waals surface area contributed by atoms with E-state index in [0.29, 0.717) is 87.4 Å². The van der Waals surface area contributed by atoms with Crippen molar-refractivity contribution in [3.8, 4) is 28.7 Å². The van der Waals surface area contributed by atoms with Crippen LogP contribution >= 0.6 is 23.2 Å². The van der Waals surface area contributed by atoms with Crippen LogP contribution in [0.15, 0.2) is 91.4 Å². The monoisotopic (exact) mass is 1010 g/mol. The number of rotatable bonds is 18. The van der Waals surface area contributed by atoms with Crippen molar-refractivity contribution in [3.05, 3.63) is 135 Å². The number of aryl methyl sites for hydroxylation is 1. The number of ether oxygens (including phenoxy) is 5. The minimum absolute atomic E-state index is 0.0803. The van der Waals surface area contributed by atoms with Gasteiger partial charge in [0.1, 0.15) is 17.0 Å². The third-order valence-electron chi connectivity index (χ3n) is 10.8. The molecule has 1 saturated carbocycles. The van der Waals surface area contributed by atoms with E-state index in [2.05, 4.69) is 24.7 Å². The summed E-state index contributed by atoms with van der Waals surface area (Å²) in [7, 11) is -2.49. The highest BCUT2D eigenvalue weighted by atomic mass is 35.5. The number of pyridine rings is 2. The molecule has 0 bridgehead atoms. The van der Waals surface area contributed by atoms with Crippen LogP contribution in [-0.2, 0) is 33.5 Å². The van der Waals surface area contributed by atoms with Crippen molar-refractivity contribution in [2.45, 2.75) is 58.9 Å². The topological polar surface area (TPSA) is 185 Å². The van der Waals surface area contributed by atoms with Gasteiger partial charge in [-0.25, -0.2) is 8.42 Å². The fraction of sp³-hybridized carbons (Fsp3) is 0.286. The number of sulfonamides is 1. The Balaban J connectivity index is 0.000000231. The van der Waals surface area contributed by atoms with Gasteiger partial charge in [0.15, 0.2) is 17.2 Å². The second kappa shape index (κ2) is 22.1. The number of nitrogens with one attached hydrogen (secondary N) is 2. The Morgan fingerprint density at radius 2 is 1.62 bits per heavy atom. The van der Waals surface area contributed by atoms with Gasteiger partial charge in [-0.2, -0.15) is 8.78 Å². The van der Waals surface area contributed by atoms with E-state index in [0.717, 1.165) is 12.8 Å². The van der Waals surface area contributed by atoms with Crippen molar-refractivity contribution in [2.24, 2.45) is 5.92 Å². The molecule has 0 atom stereocenters. The van der Waals surface area contributed by atoms with Gasteiger partial charge in [0.2, 0.25) is 15.9 Å². The Morgan fingerprint density at radius 3 is 2.30 bits per heavy atom. The Morgan fingerprint density at radius 1 is 0.899 bits per heavy atom. The van der Waals surface area contributed by atoms with Gasteiger partial charge >= 0.3 is 6.61 Å². The third kappa shape index (κ3) is 12.1. The van der Waals surface area contributed by atoms with Gasteiger partial charge in [0.05, 0.1) is 66.9 Å². The lowest BCUT2D eigenvalue weighted by Gasteiger charge is -2.19. The number of hydrogen-bond donors (Lipinski definition) is 2. The van der Waals surface area contributed by atoms with Crippen molar-refractivity contribution in [3.63, 3.8) is 0 Å². The summed E-state index contributed by atoms with van der Waals surface area (Å²) in [5.41, 5.74) is 4.55. The third-order valence-corrected chi connectivity index (χ3v) is 12.7. The molecule has 6 aromatic rings. The smallest absolute Gasteiger partial charge is 0.387 e. The number of benzene rings is 4. The number of nitrogens with zero attached hydrogens (tertiary/aromatic N) is 3. The molecule has 1 fully saturated rings. The molecule has 0 unspecified atom stereocenters. The second-order valence-electron chi connectivity index (χ2n) is 15.8. The van der Waals surface area contributed by atoms with Crippen LogP contribution in [0.4, 0.5) is 20.2 Å². The Labute approximate surface area is 407 Å². The largest absolute Gasteiger partial charge is 0.496 e. The highest BCUT2D eigenvalue weighted by Crippen LogP contribution is 2.46. The summed E-state index contributed by atoms with van der Waals surface area (Å²) in [6, 6.07) is 19.6. The van der Waals surface area contributed by atoms with Crippen molar-refractivity contribution in [2.75, 3.05) is 37.1 Å². The SMILES string of the molecule is CCOc1c2c(c(OCC)c3ncccc13)CN(c1ccc(CS(=O)(=O)NC(=O)Cc3ccccc3OC)cc1C)C2=O.O=C(Nc1c(Cl)cncc1Cl)c1ccc(OC(F)F)c(OCC2CC2)c1. The van der Waals surface area contributed by atoms with Gasteiger partial charge in [-0.1, -0.05) is 53.5 Å². The fourth-order valence-corrected chi connectivity index (χ4v) is 9.16. The zero-order valence-corrected chi connectivity index (χ0v) is 40.1. The summed E-state index contributed by atoms with van der Waals surface area (Å²) < 4.78 is 80.2. The first kappa shape index (κ1) is 50.1. The van der Waals surface area contributed by atoms with Crippen LogP contribution in [-0.4, -0.2) is 69.6 Å². The van der Waals surface area contributed by atoms with E-state index in [1.54, 1.807) is 59.6 Å². The molecule has 1 aliphatic heterocycles. The Kier molecular flexibility index (Phi) is 16.1. The number of alkyl halides is 2. The number of amides is 3. The van der Waals surface area contributed by atoms with Crippen molar-refractivity contribution >= 4 is 73.2 Å². The molecular weight excluding hydrogens is 960 g/mol. The zero-order valence-electron chi connectivity index (χ0n) is 37.8. The average molecular weight is 1010 g/mol. The molecule has 4 aromatic carbocycles. The maximum absolute atomic E-state index is 13.9. The van der Waals surface area contributed by atoms with Gasteiger partial charge in [-0.05, 0) is 93.1 Å². The highest BCUT2D eigenvalue weighted by molar-refractivity contribution is 7.89. The zero-order chi connectivity index (χ0) is 49.4. The summed E-state index contributed by atoms with van der Waals surface area (Å²) in [5, 5.41) is 3.62. The van der Waals surface area contributed by atoms with Crippen LogP contribution < -0.4 is 38.6 Å². The van der Waals surface area contributed by atoms with E-state index in [1.807, 2.05) is 26.8 Å². The molecule has 1 aliphatic carbocycles. The molecule has 3 heterocycles. The fourth-order valence-electron chi connectivity index (χ4n) is 7.59. The first-order valence-electron chi connectivity index (χ1n) is 21.7. The highest BCUT2D eigenvalue weighted by Gasteiger charge is 2.38. The number of carbonyl (C=O) groups is 3. The summed E-state index contributed by atoms with van der Waals surface area (Å²) in [6.07, 6.45) is 6.28. The van der Waals surface area contributed by atoms with Crippen molar-refractivity contribution < 1.29 is 55.3 Å². The average Bonchev–Trinajstić information content (AvgIpc) is 4.09. The normalized spacial score (nSPS) is 13.1. The van der Waals surface area contributed by atoms with E-state index in [1.165, 1.54) is 37.7 Å². The molecule has 362 valence electrons. The number of fused-ring (bicyclic) bond motifs is 2.